The van der Waals surface area contributed by atoms with Crippen molar-refractivity contribution in [3.63, 3.8) is 0 Å². The van der Waals surface area contributed by atoms with Crippen molar-refractivity contribution in [2.45, 2.75) is 6.54 Å². The van der Waals surface area contributed by atoms with Crippen molar-refractivity contribution in [1.29, 1.82) is 0 Å². The van der Waals surface area contributed by atoms with E-state index in [1.165, 1.54) is 0 Å². The first-order valence-corrected chi connectivity index (χ1v) is 4.96. The lowest BCUT2D eigenvalue weighted by Crippen LogP contribution is -2.02. The van der Waals surface area contributed by atoms with Gasteiger partial charge in [0.1, 0.15) is 5.69 Å². The van der Waals surface area contributed by atoms with Crippen LogP contribution in [0.3, 0.4) is 0 Å². The average molecular weight is 253 g/mol. The van der Waals surface area contributed by atoms with Crippen molar-refractivity contribution in [2.24, 2.45) is 5.73 Å². The van der Waals surface area contributed by atoms with Crippen LogP contribution in [0.25, 0.3) is 5.69 Å². The van der Waals surface area contributed by atoms with Gasteiger partial charge >= 0.3 is 0 Å². The number of halogens is 1. The molecule has 0 aliphatic carbocycles. The summed E-state index contributed by atoms with van der Waals surface area (Å²) < 4.78 is 0.950. The Balaban J connectivity index is 2.51. The lowest BCUT2D eigenvalue weighted by Gasteiger charge is -2.04. The van der Waals surface area contributed by atoms with Gasteiger partial charge in [0, 0.05) is 11.0 Å². The van der Waals surface area contributed by atoms with Crippen LogP contribution in [0.5, 0.6) is 0 Å². The molecule has 0 unspecified atom stereocenters. The largest absolute Gasteiger partial charge is 0.326 e. The first kappa shape index (κ1) is 9.36. The second kappa shape index (κ2) is 3.89. The second-order valence-electron chi connectivity index (χ2n) is 2.81. The fourth-order valence-electron chi connectivity index (χ4n) is 1.18. The Kier molecular flexibility index (Phi) is 2.60. The Hall–Kier alpha value is -1.20. The van der Waals surface area contributed by atoms with E-state index in [0.29, 0.717) is 6.54 Å². The molecule has 2 N–H and O–H groups in total. The van der Waals surface area contributed by atoms with Crippen molar-refractivity contribution in [2.75, 3.05) is 0 Å². The van der Waals surface area contributed by atoms with E-state index in [1.807, 2.05) is 18.2 Å². The lowest BCUT2D eigenvalue weighted by atomic mass is 10.2. The van der Waals surface area contributed by atoms with E-state index in [0.717, 1.165) is 15.7 Å². The van der Waals surface area contributed by atoms with Crippen molar-refractivity contribution in [1.82, 2.24) is 15.0 Å². The third kappa shape index (κ3) is 1.69. The highest BCUT2D eigenvalue weighted by molar-refractivity contribution is 9.10. The Labute approximate surface area is 89.9 Å². The average Bonchev–Trinajstić information content (AvgIpc) is 2.71. The quantitative estimate of drug-likeness (QED) is 0.882. The van der Waals surface area contributed by atoms with Gasteiger partial charge < -0.3 is 5.73 Å². The molecule has 1 heterocycles. The minimum Gasteiger partial charge on any atom is -0.326 e. The van der Waals surface area contributed by atoms with E-state index in [4.69, 9.17) is 5.73 Å². The summed E-state index contributed by atoms with van der Waals surface area (Å²) in [6.45, 7) is 0.515. The number of nitrogens with zero attached hydrogens (tertiary/aromatic N) is 3. The van der Waals surface area contributed by atoms with Crippen LogP contribution in [-0.2, 0) is 6.54 Å². The molecule has 0 fully saturated rings. The molecule has 0 radical (unpaired) electrons. The molecule has 0 bridgehead atoms. The molecule has 0 saturated carbocycles. The molecule has 2 rings (SSSR count). The van der Waals surface area contributed by atoms with E-state index >= 15 is 0 Å². The Morgan fingerprint density at radius 3 is 2.64 bits per heavy atom. The number of hydrogen-bond acceptors (Lipinski definition) is 3. The van der Waals surface area contributed by atoms with Gasteiger partial charge in [0.15, 0.2) is 0 Å². The highest BCUT2D eigenvalue weighted by atomic mass is 79.9. The van der Waals surface area contributed by atoms with Gasteiger partial charge in [-0.2, -0.15) is 15.0 Å². The van der Waals surface area contributed by atoms with E-state index in [1.54, 1.807) is 17.2 Å². The van der Waals surface area contributed by atoms with Gasteiger partial charge in [-0.1, -0.05) is 6.07 Å². The highest BCUT2D eigenvalue weighted by Gasteiger charge is 2.04. The molecule has 0 atom stereocenters. The molecule has 0 spiro atoms. The van der Waals surface area contributed by atoms with Gasteiger partial charge in [0.2, 0.25) is 0 Å². The summed E-state index contributed by atoms with van der Waals surface area (Å²) in [5.41, 5.74) is 7.51. The number of aromatic nitrogens is 3. The fourth-order valence-corrected chi connectivity index (χ4v) is 1.58. The first-order valence-electron chi connectivity index (χ1n) is 4.16. The molecule has 0 aliphatic rings. The van der Waals surface area contributed by atoms with Gasteiger partial charge in [-0.15, -0.1) is 0 Å². The number of hydrogen-bond donors (Lipinski definition) is 1. The normalized spacial score (nSPS) is 10.4. The van der Waals surface area contributed by atoms with Crippen molar-refractivity contribution < 1.29 is 0 Å². The maximum Gasteiger partial charge on any atom is 0.100 e. The molecule has 4 nitrogen and oxygen atoms in total. The predicted octanol–water partition coefficient (Wildman–Crippen LogP) is 1.49. The topological polar surface area (TPSA) is 56.7 Å². The van der Waals surface area contributed by atoms with Gasteiger partial charge in [-0.25, -0.2) is 0 Å². The van der Waals surface area contributed by atoms with Crippen molar-refractivity contribution in [3.8, 4) is 5.69 Å². The van der Waals surface area contributed by atoms with Crippen LogP contribution < -0.4 is 5.73 Å². The minimum atomic E-state index is 0.515. The van der Waals surface area contributed by atoms with Gasteiger partial charge in [-0.3, -0.25) is 0 Å². The second-order valence-corrected chi connectivity index (χ2v) is 3.66. The summed E-state index contributed by atoms with van der Waals surface area (Å²) >= 11 is 3.44. The molecule has 0 amide bonds. The first-order chi connectivity index (χ1) is 6.81. The monoisotopic (exact) mass is 252 g/mol. The van der Waals surface area contributed by atoms with Crippen LogP contribution in [-0.4, -0.2) is 15.0 Å². The van der Waals surface area contributed by atoms with Crippen molar-refractivity contribution >= 4 is 15.9 Å². The van der Waals surface area contributed by atoms with Crippen LogP contribution in [0, 0.1) is 0 Å². The summed E-state index contributed by atoms with van der Waals surface area (Å²) in [4.78, 5) is 1.56. The van der Waals surface area contributed by atoms with E-state index in [2.05, 4.69) is 26.1 Å². The van der Waals surface area contributed by atoms with E-state index in [-0.39, 0.29) is 0 Å². The zero-order valence-electron chi connectivity index (χ0n) is 7.39. The number of benzene rings is 1. The van der Waals surface area contributed by atoms with E-state index < -0.39 is 0 Å². The molecular weight excluding hydrogens is 244 g/mol. The molecule has 1 aromatic carbocycles. The third-order valence-corrected chi connectivity index (χ3v) is 2.55. The standard InChI is InChI=1S/C9H9BrN4/c10-8-2-1-7(6-11)5-9(8)14-12-3-4-13-14/h1-5H,6,11H2. The fraction of sp³-hybridized carbons (Fsp3) is 0.111. The molecular formula is C9H9BrN4. The summed E-state index contributed by atoms with van der Waals surface area (Å²) in [6.07, 6.45) is 3.28. The van der Waals surface area contributed by atoms with Gasteiger partial charge in [0.25, 0.3) is 0 Å². The van der Waals surface area contributed by atoms with Crippen LogP contribution in [0.15, 0.2) is 35.1 Å². The molecule has 14 heavy (non-hydrogen) atoms. The summed E-state index contributed by atoms with van der Waals surface area (Å²) in [5.74, 6) is 0. The summed E-state index contributed by atoms with van der Waals surface area (Å²) in [6, 6.07) is 5.88. The SMILES string of the molecule is NCc1ccc(Br)c(-n2nccn2)c1. The molecule has 0 aliphatic heterocycles. The molecule has 1 aromatic heterocycles. The Bertz CT molecular complexity index is 424. The predicted molar refractivity (Wildman–Crippen MR) is 57.0 cm³/mol. The molecule has 72 valence electrons. The maximum atomic E-state index is 5.56. The van der Waals surface area contributed by atoms with Gasteiger partial charge in [-0.05, 0) is 33.6 Å². The Morgan fingerprint density at radius 1 is 1.29 bits per heavy atom. The number of rotatable bonds is 2. The zero-order chi connectivity index (χ0) is 9.97. The highest BCUT2D eigenvalue weighted by Crippen LogP contribution is 2.20. The van der Waals surface area contributed by atoms with Crippen LogP contribution >= 0.6 is 15.9 Å². The third-order valence-electron chi connectivity index (χ3n) is 1.88. The summed E-state index contributed by atoms with van der Waals surface area (Å²) in [7, 11) is 0. The smallest absolute Gasteiger partial charge is 0.100 e. The Morgan fingerprint density at radius 2 is 2.00 bits per heavy atom. The van der Waals surface area contributed by atoms with Crippen LogP contribution in [0.4, 0.5) is 0 Å². The van der Waals surface area contributed by atoms with Crippen LogP contribution in [0.2, 0.25) is 0 Å². The van der Waals surface area contributed by atoms with E-state index in [9.17, 15) is 0 Å². The zero-order valence-corrected chi connectivity index (χ0v) is 8.98. The molecule has 5 heteroatoms. The van der Waals surface area contributed by atoms with Crippen molar-refractivity contribution in [3.05, 3.63) is 40.6 Å². The summed E-state index contributed by atoms with van der Waals surface area (Å²) in [5, 5.41) is 8.11. The van der Waals surface area contributed by atoms with Crippen LogP contribution in [0.1, 0.15) is 5.56 Å². The maximum absolute atomic E-state index is 5.56. The number of nitrogens with two attached hydrogens (primary N) is 1. The van der Waals surface area contributed by atoms with Gasteiger partial charge in [0.05, 0.1) is 12.4 Å². The molecule has 2 aromatic rings. The lowest BCUT2D eigenvalue weighted by molar-refractivity contribution is 0.747. The minimum absolute atomic E-state index is 0.515. The molecule has 0 saturated heterocycles.